The Balaban J connectivity index is 1.98. The summed E-state index contributed by atoms with van der Waals surface area (Å²) in [4.78, 5) is 12.1. The van der Waals surface area contributed by atoms with Crippen LogP contribution in [0.15, 0.2) is 23.4 Å². The monoisotopic (exact) mass is 332 g/mol. The molecule has 0 unspecified atom stereocenters. The zero-order chi connectivity index (χ0) is 17.0. The number of anilines is 1. The molecule has 2 rings (SSSR count). The molecule has 1 aromatic heterocycles. The number of benzene rings is 1. The van der Waals surface area contributed by atoms with Crippen LogP contribution in [-0.4, -0.2) is 26.4 Å². The number of thioether (sulfide) groups is 1. The predicted molar refractivity (Wildman–Crippen MR) is 95.1 cm³/mol. The molecule has 0 saturated carbocycles. The maximum Gasteiger partial charge on any atom is 0.234 e. The smallest absolute Gasteiger partial charge is 0.234 e. The van der Waals surface area contributed by atoms with Crippen LogP contribution < -0.4 is 5.32 Å². The first kappa shape index (κ1) is 17.5. The summed E-state index contributed by atoms with van der Waals surface area (Å²) in [6, 6.07) is 5.93. The Morgan fingerprint density at radius 2 is 2.00 bits per heavy atom. The quantitative estimate of drug-likeness (QED) is 0.818. The molecule has 1 aromatic carbocycles. The largest absolute Gasteiger partial charge is 0.325 e. The highest BCUT2D eigenvalue weighted by Crippen LogP contribution is 2.21. The molecular formula is C17H24N4OS. The van der Waals surface area contributed by atoms with Gasteiger partial charge in [-0.25, -0.2) is 0 Å². The van der Waals surface area contributed by atoms with E-state index < -0.39 is 0 Å². The van der Waals surface area contributed by atoms with Crippen molar-refractivity contribution in [3.63, 3.8) is 0 Å². The van der Waals surface area contributed by atoms with E-state index in [0.717, 1.165) is 23.2 Å². The van der Waals surface area contributed by atoms with E-state index in [1.54, 1.807) is 0 Å². The molecule has 2 aromatic rings. The molecule has 5 nitrogen and oxygen atoms in total. The third-order valence-corrected chi connectivity index (χ3v) is 4.67. The van der Waals surface area contributed by atoms with E-state index in [0.29, 0.717) is 11.7 Å². The minimum Gasteiger partial charge on any atom is -0.325 e. The van der Waals surface area contributed by atoms with Crippen LogP contribution in [0.3, 0.4) is 0 Å². The van der Waals surface area contributed by atoms with Gasteiger partial charge in [-0.2, -0.15) is 0 Å². The van der Waals surface area contributed by atoms with E-state index >= 15 is 0 Å². The minimum atomic E-state index is -0.0324. The van der Waals surface area contributed by atoms with Crippen molar-refractivity contribution < 1.29 is 4.79 Å². The number of rotatable bonds is 6. The Labute approximate surface area is 141 Å². The SMILES string of the molecule is CCn1c(SCC(=O)Nc2ccc(C)c(C)c2)nnc1C(C)C. The zero-order valence-electron chi connectivity index (χ0n) is 14.4. The van der Waals surface area contributed by atoms with Crippen LogP contribution >= 0.6 is 11.8 Å². The lowest BCUT2D eigenvalue weighted by atomic mass is 10.1. The summed E-state index contributed by atoms with van der Waals surface area (Å²) in [6.07, 6.45) is 0. The van der Waals surface area contributed by atoms with Crippen molar-refractivity contribution in [3.8, 4) is 0 Å². The number of nitrogens with one attached hydrogen (secondary N) is 1. The summed E-state index contributed by atoms with van der Waals surface area (Å²) in [5.74, 6) is 1.57. The normalized spacial score (nSPS) is 11.0. The van der Waals surface area contributed by atoms with Gasteiger partial charge in [-0.3, -0.25) is 4.79 Å². The standard InChI is InChI=1S/C17H24N4OS/c1-6-21-16(11(2)3)19-20-17(21)23-10-15(22)18-14-8-7-12(4)13(5)9-14/h7-9,11H,6,10H2,1-5H3,(H,18,22). The number of nitrogens with zero attached hydrogens (tertiary/aromatic N) is 3. The van der Waals surface area contributed by atoms with Crippen molar-refractivity contribution in [2.75, 3.05) is 11.1 Å². The van der Waals surface area contributed by atoms with E-state index in [2.05, 4.69) is 47.8 Å². The van der Waals surface area contributed by atoms with E-state index in [4.69, 9.17) is 0 Å². The molecule has 6 heteroatoms. The second kappa shape index (κ2) is 7.64. The van der Waals surface area contributed by atoms with Gasteiger partial charge in [0, 0.05) is 18.2 Å². The minimum absolute atomic E-state index is 0.0324. The van der Waals surface area contributed by atoms with E-state index in [1.807, 2.05) is 25.1 Å². The molecule has 0 radical (unpaired) electrons. The van der Waals surface area contributed by atoms with Crippen molar-refractivity contribution in [2.45, 2.75) is 52.2 Å². The molecule has 0 atom stereocenters. The predicted octanol–water partition coefficient (Wildman–Crippen LogP) is 3.77. The molecule has 124 valence electrons. The molecule has 23 heavy (non-hydrogen) atoms. The van der Waals surface area contributed by atoms with Gasteiger partial charge in [0.15, 0.2) is 5.16 Å². The summed E-state index contributed by atoms with van der Waals surface area (Å²) < 4.78 is 2.07. The molecule has 1 heterocycles. The zero-order valence-corrected chi connectivity index (χ0v) is 15.2. The Morgan fingerprint density at radius 1 is 1.26 bits per heavy atom. The Bertz CT molecular complexity index is 694. The van der Waals surface area contributed by atoms with Gasteiger partial charge in [0.05, 0.1) is 5.75 Å². The summed E-state index contributed by atoms with van der Waals surface area (Å²) in [7, 11) is 0. The average molecular weight is 332 g/mol. The molecule has 0 aliphatic carbocycles. The fourth-order valence-corrected chi connectivity index (χ4v) is 3.09. The maximum absolute atomic E-state index is 12.1. The molecule has 0 fully saturated rings. The van der Waals surface area contributed by atoms with Crippen LogP contribution in [-0.2, 0) is 11.3 Å². The van der Waals surface area contributed by atoms with Crippen molar-refractivity contribution in [2.24, 2.45) is 0 Å². The van der Waals surface area contributed by atoms with Crippen molar-refractivity contribution >= 4 is 23.4 Å². The van der Waals surface area contributed by atoms with Crippen LogP contribution in [0.2, 0.25) is 0 Å². The van der Waals surface area contributed by atoms with Crippen LogP contribution in [0.1, 0.15) is 43.6 Å². The van der Waals surface area contributed by atoms with E-state index in [-0.39, 0.29) is 5.91 Å². The molecule has 0 spiro atoms. The second-order valence-corrected chi connectivity index (χ2v) is 6.82. The highest BCUT2D eigenvalue weighted by molar-refractivity contribution is 7.99. The van der Waals surface area contributed by atoms with Crippen LogP contribution in [0, 0.1) is 13.8 Å². The van der Waals surface area contributed by atoms with Crippen molar-refractivity contribution in [3.05, 3.63) is 35.2 Å². The van der Waals surface area contributed by atoms with Gasteiger partial charge < -0.3 is 9.88 Å². The lowest BCUT2D eigenvalue weighted by molar-refractivity contribution is -0.113. The fourth-order valence-electron chi connectivity index (χ4n) is 2.28. The Morgan fingerprint density at radius 3 is 2.61 bits per heavy atom. The highest BCUT2D eigenvalue weighted by Gasteiger charge is 2.15. The van der Waals surface area contributed by atoms with Crippen molar-refractivity contribution in [1.82, 2.24) is 14.8 Å². The maximum atomic E-state index is 12.1. The summed E-state index contributed by atoms with van der Waals surface area (Å²) in [5.41, 5.74) is 3.22. The molecule has 0 aliphatic heterocycles. The molecule has 0 bridgehead atoms. The number of carbonyl (C=O) groups is 1. The first-order valence-corrected chi connectivity index (χ1v) is 8.84. The Kier molecular flexibility index (Phi) is 5.82. The lowest BCUT2D eigenvalue weighted by Gasteiger charge is -2.10. The van der Waals surface area contributed by atoms with Gasteiger partial charge in [0.1, 0.15) is 5.82 Å². The van der Waals surface area contributed by atoms with Gasteiger partial charge in [0.2, 0.25) is 5.91 Å². The molecule has 1 amide bonds. The van der Waals surface area contributed by atoms with Crippen LogP contribution in [0.5, 0.6) is 0 Å². The number of aryl methyl sites for hydroxylation is 2. The van der Waals surface area contributed by atoms with Gasteiger partial charge in [-0.1, -0.05) is 31.7 Å². The number of carbonyl (C=O) groups excluding carboxylic acids is 1. The Hall–Kier alpha value is -1.82. The molecular weight excluding hydrogens is 308 g/mol. The van der Waals surface area contributed by atoms with Gasteiger partial charge in [-0.15, -0.1) is 10.2 Å². The molecule has 1 N–H and O–H groups in total. The topological polar surface area (TPSA) is 59.8 Å². The first-order chi connectivity index (χ1) is 10.9. The average Bonchev–Trinajstić information content (AvgIpc) is 2.92. The van der Waals surface area contributed by atoms with E-state index in [9.17, 15) is 4.79 Å². The van der Waals surface area contributed by atoms with Crippen LogP contribution in [0.25, 0.3) is 0 Å². The number of aromatic nitrogens is 3. The summed E-state index contributed by atoms with van der Waals surface area (Å²) >= 11 is 1.42. The van der Waals surface area contributed by atoms with Gasteiger partial charge >= 0.3 is 0 Å². The van der Waals surface area contributed by atoms with Crippen molar-refractivity contribution in [1.29, 1.82) is 0 Å². The highest BCUT2D eigenvalue weighted by atomic mass is 32.2. The fraction of sp³-hybridized carbons (Fsp3) is 0.471. The number of amides is 1. The van der Waals surface area contributed by atoms with Gasteiger partial charge in [0.25, 0.3) is 0 Å². The molecule has 0 aliphatic rings. The second-order valence-electron chi connectivity index (χ2n) is 5.88. The van der Waals surface area contributed by atoms with Gasteiger partial charge in [-0.05, 0) is 44.0 Å². The number of hydrogen-bond donors (Lipinski definition) is 1. The number of hydrogen-bond acceptors (Lipinski definition) is 4. The third kappa shape index (κ3) is 4.34. The van der Waals surface area contributed by atoms with E-state index in [1.165, 1.54) is 22.9 Å². The third-order valence-electron chi connectivity index (χ3n) is 3.70. The lowest BCUT2D eigenvalue weighted by Crippen LogP contribution is -2.15. The summed E-state index contributed by atoms with van der Waals surface area (Å²) in [5, 5.41) is 12.2. The molecule has 0 saturated heterocycles. The van der Waals surface area contributed by atoms with Crippen LogP contribution in [0.4, 0.5) is 5.69 Å². The summed E-state index contributed by atoms with van der Waals surface area (Å²) in [6.45, 7) is 11.2. The first-order valence-electron chi connectivity index (χ1n) is 7.85.